The third-order valence-corrected chi connectivity index (χ3v) is 8.58. The number of carbonyl (C=O) groups is 1. The Labute approximate surface area is 260 Å². The standard InChI is InChI=1S/C32H28BrClN2O5S/c1-5-40-31(38)27-19(3)35-32-36(28(27)22-10-6-18(2)7-11-22)30(37)26(42-32)16-21-14-24(33)29(25(15-21)39-4)41-17-20-8-12-23(34)13-9-20/h6-16,28H,5,17H2,1-4H3/b26-16-. The van der Waals surface area contributed by atoms with Crippen molar-refractivity contribution in [1.29, 1.82) is 0 Å². The number of halogens is 2. The van der Waals surface area contributed by atoms with Crippen LogP contribution in [0.2, 0.25) is 5.02 Å². The highest BCUT2D eigenvalue weighted by Crippen LogP contribution is 2.37. The summed E-state index contributed by atoms with van der Waals surface area (Å²) < 4.78 is 19.8. The van der Waals surface area contributed by atoms with E-state index in [2.05, 4.69) is 20.9 Å². The maximum absolute atomic E-state index is 13.9. The number of thiazole rings is 1. The molecule has 5 rings (SSSR count). The zero-order valence-corrected chi connectivity index (χ0v) is 26.6. The van der Waals surface area contributed by atoms with E-state index in [4.69, 9.17) is 25.8 Å². The molecule has 7 nitrogen and oxygen atoms in total. The van der Waals surface area contributed by atoms with Gasteiger partial charge in [-0.25, -0.2) is 9.79 Å². The van der Waals surface area contributed by atoms with Crippen LogP contribution in [0.1, 0.15) is 42.1 Å². The number of aromatic nitrogens is 1. The molecular formula is C32H28BrClN2O5S. The van der Waals surface area contributed by atoms with Crippen molar-refractivity contribution in [3.05, 3.63) is 123 Å². The van der Waals surface area contributed by atoms with E-state index in [1.807, 2.05) is 67.6 Å². The van der Waals surface area contributed by atoms with Gasteiger partial charge in [0.25, 0.3) is 5.56 Å². The molecule has 10 heteroatoms. The van der Waals surface area contributed by atoms with Crippen molar-refractivity contribution in [2.24, 2.45) is 4.99 Å². The third kappa shape index (κ3) is 6.09. The normalized spacial score (nSPS) is 14.8. The first-order chi connectivity index (χ1) is 20.2. The Morgan fingerprint density at radius 2 is 1.83 bits per heavy atom. The summed E-state index contributed by atoms with van der Waals surface area (Å²) in [5, 5.41) is 0.657. The lowest BCUT2D eigenvalue weighted by molar-refractivity contribution is -0.139. The van der Waals surface area contributed by atoms with Gasteiger partial charge >= 0.3 is 5.97 Å². The van der Waals surface area contributed by atoms with Gasteiger partial charge in [0.15, 0.2) is 16.3 Å². The number of nitrogens with zero attached hydrogens (tertiary/aromatic N) is 2. The summed E-state index contributed by atoms with van der Waals surface area (Å²) in [5.41, 5.74) is 4.19. The molecule has 216 valence electrons. The van der Waals surface area contributed by atoms with E-state index < -0.39 is 12.0 Å². The predicted molar refractivity (Wildman–Crippen MR) is 168 cm³/mol. The van der Waals surface area contributed by atoms with Crippen molar-refractivity contribution in [1.82, 2.24) is 4.57 Å². The molecule has 4 aromatic rings. The minimum Gasteiger partial charge on any atom is -0.493 e. The Morgan fingerprint density at radius 1 is 1.12 bits per heavy atom. The molecule has 2 heterocycles. The molecule has 1 unspecified atom stereocenters. The lowest BCUT2D eigenvalue weighted by atomic mass is 9.95. The van der Waals surface area contributed by atoms with Crippen molar-refractivity contribution in [2.45, 2.75) is 33.4 Å². The Morgan fingerprint density at radius 3 is 2.50 bits per heavy atom. The minimum absolute atomic E-state index is 0.219. The van der Waals surface area contributed by atoms with E-state index in [1.165, 1.54) is 11.3 Å². The molecule has 1 aromatic heterocycles. The largest absolute Gasteiger partial charge is 0.493 e. The van der Waals surface area contributed by atoms with E-state index in [-0.39, 0.29) is 12.2 Å². The third-order valence-electron chi connectivity index (χ3n) is 6.76. The van der Waals surface area contributed by atoms with Crippen LogP contribution in [-0.4, -0.2) is 24.3 Å². The van der Waals surface area contributed by atoms with Crippen LogP contribution in [0, 0.1) is 6.92 Å². The summed E-state index contributed by atoms with van der Waals surface area (Å²) in [6.45, 7) is 6.06. The number of hydrogen-bond acceptors (Lipinski definition) is 7. The average Bonchev–Trinajstić information content (AvgIpc) is 3.26. The van der Waals surface area contributed by atoms with Gasteiger partial charge in [0, 0.05) is 5.02 Å². The van der Waals surface area contributed by atoms with Crippen molar-refractivity contribution >= 4 is 50.9 Å². The molecule has 0 spiro atoms. The second kappa shape index (κ2) is 12.7. The highest BCUT2D eigenvalue weighted by molar-refractivity contribution is 9.10. The van der Waals surface area contributed by atoms with Crippen LogP contribution in [0.5, 0.6) is 11.5 Å². The molecule has 0 bridgehead atoms. The second-order valence-corrected chi connectivity index (χ2v) is 12.0. The predicted octanol–water partition coefficient (Wildman–Crippen LogP) is 6.11. The molecule has 0 saturated heterocycles. The molecule has 0 amide bonds. The van der Waals surface area contributed by atoms with E-state index in [1.54, 1.807) is 31.6 Å². The number of aryl methyl sites for hydroxylation is 1. The molecule has 1 atom stereocenters. The van der Waals surface area contributed by atoms with Gasteiger partial charge in [-0.3, -0.25) is 9.36 Å². The lowest BCUT2D eigenvalue weighted by Crippen LogP contribution is -2.39. The molecule has 0 saturated carbocycles. The molecule has 1 aliphatic heterocycles. The number of hydrogen-bond donors (Lipinski definition) is 0. The van der Waals surface area contributed by atoms with Crippen molar-refractivity contribution in [2.75, 3.05) is 13.7 Å². The zero-order chi connectivity index (χ0) is 30.0. The van der Waals surface area contributed by atoms with E-state index in [9.17, 15) is 9.59 Å². The monoisotopic (exact) mass is 666 g/mol. The molecule has 3 aromatic carbocycles. The maximum atomic E-state index is 13.9. The smallest absolute Gasteiger partial charge is 0.338 e. The van der Waals surface area contributed by atoms with Crippen molar-refractivity contribution in [3.8, 4) is 11.5 Å². The van der Waals surface area contributed by atoms with Crippen molar-refractivity contribution < 1.29 is 19.0 Å². The number of fused-ring (bicyclic) bond motifs is 1. The van der Waals surface area contributed by atoms with Crippen molar-refractivity contribution in [3.63, 3.8) is 0 Å². The van der Waals surface area contributed by atoms with Gasteiger partial charge in [-0.05, 0) is 83.7 Å². The summed E-state index contributed by atoms with van der Waals surface area (Å²) in [6.07, 6.45) is 1.79. The van der Waals surface area contributed by atoms with Gasteiger partial charge in [-0.1, -0.05) is 64.9 Å². The zero-order valence-electron chi connectivity index (χ0n) is 23.4. The lowest BCUT2D eigenvalue weighted by Gasteiger charge is -2.24. The molecule has 0 N–H and O–H groups in total. The van der Waals surface area contributed by atoms with Gasteiger partial charge in [0.05, 0.1) is 40.0 Å². The quantitative estimate of drug-likeness (QED) is 0.212. The molecular weight excluding hydrogens is 640 g/mol. The number of esters is 1. The number of methoxy groups -OCH3 is 1. The fraction of sp³-hybridized carbons (Fsp3) is 0.219. The Bertz CT molecular complexity index is 1860. The molecule has 0 fully saturated rings. The van der Waals surface area contributed by atoms with Gasteiger partial charge in [0.2, 0.25) is 0 Å². The van der Waals surface area contributed by atoms with E-state index >= 15 is 0 Å². The Balaban J connectivity index is 1.56. The van der Waals surface area contributed by atoms with E-state index in [0.717, 1.165) is 22.3 Å². The molecule has 0 radical (unpaired) electrons. The van der Waals surface area contributed by atoms with Crippen LogP contribution < -0.4 is 24.4 Å². The van der Waals surface area contributed by atoms with Crippen LogP contribution in [0.15, 0.2) is 86.2 Å². The maximum Gasteiger partial charge on any atom is 0.338 e. The number of allylic oxidation sites excluding steroid dienone is 1. The fourth-order valence-corrected chi connectivity index (χ4v) is 6.45. The summed E-state index contributed by atoms with van der Waals surface area (Å²) >= 11 is 10.9. The highest BCUT2D eigenvalue weighted by Gasteiger charge is 2.33. The number of rotatable bonds is 8. The number of benzene rings is 3. The van der Waals surface area contributed by atoms with Gasteiger partial charge < -0.3 is 14.2 Å². The summed E-state index contributed by atoms with van der Waals surface area (Å²) in [5.74, 6) is 0.567. The highest BCUT2D eigenvalue weighted by atomic mass is 79.9. The van der Waals surface area contributed by atoms with Gasteiger partial charge in [-0.15, -0.1) is 0 Å². The first kappa shape index (κ1) is 29.8. The number of carbonyl (C=O) groups excluding carboxylic acids is 1. The molecule has 1 aliphatic rings. The summed E-state index contributed by atoms with van der Waals surface area (Å²) in [4.78, 5) is 32.2. The first-order valence-corrected chi connectivity index (χ1v) is 15.2. The topological polar surface area (TPSA) is 79.1 Å². The minimum atomic E-state index is -0.659. The molecule has 42 heavy (non-hydrogen) atoms. The summed E-state index contributed by atoms with van der Waals surface area (Å²) in [6, 6.07) is 18.2. The average molecular weight is 668 g/mol. The Kier molecular flexibility index (Phi) is 9.01. The number of ether oxygens (including phenoxy) is 3. The first-order valence-electron chi connectivity index (χ1n) is 13.2. The van der Waals surface area contributed by atoms with Gasteiger partial charge in [-0.2, -0.15) is 0 Å². The van der Waals surface area contributed by atoms with Crippen LogP contribution in [-0.2, 0) is 16.1 Å². The van der Waals surface area contributed by atoms with Crippen LogP contribution >= 0.6 is 38.9 Å². The van der Waals surface area contributed by atoms with Gasteiger partial charge in [0.1, 0.15) is 6.61 Å². The SMILES string of the molecule is CCOC(=O)C1=C(C)N=c2s/c(=C\c3cc(Br)c(OCc4ccc(Cl)cc4)c(OC)c3)c(=O)n2C1c1ccc(C)cc1. The summed E-state index contributed by atoms with van der Waals surface area (Å²) in [7, 11) is 1.57. The van der Waals surface area contributed by atoms with E-state index in [0.29, 0.717) is 48.2 Å². The van der Waals surface area contributed by atoms with Crippen LogP contribution in [0.3, 0.4) is 0 Å². The molecule has 0 aliphatic carbocycles. The Hall–Kier alpha value is -3.66. The second-order valence-electron chi connectivity index (χ2n) is 9.66. The fourth-order valence-electron chi connectivity index (χ4n) is 4.71. The van der Waals surface area contributed by atoms with Crippen LogP contribution in [0.25, 0.3) is 6.08 Å². The van der Waals surface area contributed by atoms with Crippen LogP contribution in [0.4, 0.5) is 0 Å².